The van der Waals surface area contributed by atoms with E-state index in [1.165, 1.54) is 0 Å². The van der Waals surface area contributed by atoms with Gasteiger partial charge in [0.15, 0.2) is 0 Å². The normalized spacial score (nSPS) is 26.8. The zero-order chi connectivity index (χ0) is 13.4. The maximum atomic E-state index is 12.0. The van der Waals surface area contributed by atoms with Crippen LogP contribution in [0.2, 0.25) is 5.02 Å². The van der Waals surface area contributed by atoms with Gasteiger partial charge in [0.2, 0.25) is 5.91 Å². The zero-order valence-electron chi connectivity index (χ0n) is 10.5. The highest BCUT2D eigenvalue weighted by atomic mass is 35.5. The van der Waals surface area contributed by atoms with Crippen LogP contribution in [0.25, 0.3) is 0 Å². The molecule has 19 heavy (non-hydrogen) atoms. The molecule has 2 heterocycles. The zero-order valence-corrected chi connectivity index (χ0v) is 11.3. The molecule has 1 N–H and O–H groups in total. The first-order valence-electron chi connectivity index (χ1n) is 6.56. The molecule has 2 aliphatic heterocycles. The maximum absolute atomic E-state index is 12.0. The third kappa shape index (κ3) is 2.30. The highest BCUT2D eigenvalue weighted by molar-refractivity contribution is 6.30. The van der Waals surface area contributed by atoms with Crippen LogP contribution in [0.1, 0.15) is 30.9 Å². The maximum Gasteiger partial charge on any atom is 0.223 e. The highest BCUT2D eigenvalue weighted by Gasteiger charge is 2.37. The minimum Gasteiger partial charge on any atom is -0.493 e. The van der Waals surface area contributed by atoms with Gasteiger partial charge in [-0.1, -0.05) is 11.6 Å². The Labute approximate surface area is 116 Å². The van der Waals surface area contributed by atoms with E-state index in [0.717, 1.165) is 12.0 Å². The summed E-state index contributed by atoms with van der Waals surface area (Å²) in [5.41, 5.74) is 0.813. The van der Waals surface area contributed by atoms with E-state index in [1.807, 2.05) is 6.07 Å². The number of amides is 1. The lowest BCUT2D eigenvalue weighted by Crippen LogP contribution is -2.37. The van der Waals surface area contributed by atoms with Crippen LogP contribution in [-0.4, -0.2) is 35.2 Å². The van der Waals surface area contributed by atoms with Crippen LogP contribution < -0.4 is 4.74 Å². The van der Waals surface area contributed by atoms with Crippen molar-refractivity contribution in [2.24, 2.45) is 0 Å². The fourth-order valence-electron chi connectivity index (χ4n) is 2.88. The lowest BCUT2D eigenvalue weighted by atomic mass is 9.98. The highest BCUT2D eigenvalue weighted by Crippen LogP contribution is 2.39. The van der Waals surface area contributed by atoms with E-state index < -0.39 is 6.10 Å². The first-order valence-corrected chi connectivity index (χ1v) is 6.94. The van der Waals surface area contributed by atoms with Crippen molar-refractivity contribution in [3.8, 4) is 5.75 Å². The molecule has 0 radical (unpaired) electrons. The lowest BCUT2D eigenvalue weighted by Gasteiger charge is -2.31. The molecule has 1 amide bonds. The lowest BCUT2D eigenvalue weighted by molar-refractivity contribution is -0.132. The Morgan fingerprint density at radius 3 is 3.00 bits per heavy atom. The number of rotatable bonds is 1. The van der Waals surface area contributed by atoms with Gasteiger partial charge < -0.3 is 14.7 Å². The SMILES string of the molecule is O=C1CCCN1[C@H]1c2cc(Cl)ccc2OCC[C@@H]1O. The van der Waals surface area contributed by atoms with Crippen LogP contribution in [0.15, 0.2) is 18.2 Å². The Morgan fingerprint density at radius 1 is 1.42 bits per heavy atom. The Morgan fingerprint density at radius 2 is 2.26 bits per heavy atom. The Kier molecular flexibility index (Phi) is 3.37. The summed E-state index contributed by atoms with van der Waals surface area (Å²) in [5, 5.41) is 10.9. The second-order valence-electron chi connectivity index (χ2n) is 5.02. The molecule has 1 aromatic rings. The van der Waals surface area contributed by atoms with Gasteiger partial charge in [-0.15, -0.1) is 0 Å². The molecule has 102 valence electrons. The average molecular weight is 282 g/mol. The topological polar surface area (TPSA) is 49.8 Å². The third-order valence-electron chi connectivity index (χ3n) is 3.77. The quantitative estimate of drug-likeness (QED) is 0.858. The van der Waals surface area contributed by atoms with Crippen molar-refractivity contribution in [2.45, 2.75) is 31.4 Å². The molecule has 0 saturated carbocycles. The van der Waals surface area contributed by atoms with Gasteiger partial charge in [-0.25, -0.2) is 0 Å². The second-order valence-corrected chi connectivity index (χ2v) is 5.46. The summed E-state index contributed by atoms with van der Waals surface area (Å²) in [6.07, 6.45) is 1.31. The Bertz CT molecular complexity index is 505. The van der Waals surface area contributed by atoms with E-state index in [2.05, 4.69) is 0 Å². The van der Waals surface area contributed by atoms with Gasteiger partial charge in [0, 0.05) is 30.0 Å². The van der Waals surface area contributed by atoms with Crippen LogP contribution in [-0.2, 0) is 4.79 Å². The number of halogens is 1. The number of fused-ring (bicyclic) bond motifs is 1. The summed E-state index contributed by atoms with van der Waals surface area (Å²) < 4.78 is 5.64. The third-order valence-corrected chi connectivity index (χ3v) is 4.01. The van der Waals surface area contributed by atoms with Crippen molar-refractivity contribution >= 4 is 17.5 Å². The van der Waals surface area contributed by atoms with Crippen LogP contribution in [0, 0.1) is 0 Å². The fourth-order valence-corrected chi connectivity index (χ4v) is 3.06. The van der Waals surface area contributed by atoms with Crippen LogP contribution in [0.3, 0.4) is 0 Å². The number of hydrogen-bond donors (Lipinski definition) is 1. The number of hydrogen-bond acceptors (Lipinski definition) is 3. The summed E-state index contributed by atoms with van der Waals surface area (Å²) in [7, 11) is 0. The number of carbonyl (C=O) groups excluding carboxylic acids is 1. The molecule has 4 nitrogen and oxygen atoms in total. The number of benzene rings is 1. The number of likely N-dealkylation sites (tertiary alicyclic amines) is 1. The standard InChI is InChI=1S/C14H16ClNO3/c15-9-3-4-12-10(8-9)14(11(17)5-7-19-12)16-6-1-2-13(16)18/h3-4,8,11,14,17H,1-2,5-7H2/t11-,14-/m0/s1. The smallest absolute Gasteiger partial charge is 0.223 e. The Hall–Kier alpha value is -1.26. The number of aliphatic hydroxyl groups is 1. The molecule has 2 atom stereocenters. The van der Waals surface area contributed by atoms with E-state index in [4.69, 9.17) is 16.3 Å². The average Bonchev–Trinajstić information content (AvgIpc) is 2.71. The Balaban J connectivity index is 2.05. The summed E-state index contributed by atoms with van der Waals surface area (Å²) in [4.78, 5) is 13.7. The number of aliphatic hydroxyl groups excluding tert-OH is 1. The van der Waals surface area contributed by atoms with Crippen molar-refractivity contribution in [1.29, 1.82) is 0 Å². The van der Waals surface area contributed by atoms with Crippen molar-refractivity contribution in [1.82, 2.24) is 4.90 Å². The minimum absolute atomic E-state index is 0.0943. The largest absolute Gasteiger partial charge is 0.493 e. The van der Waals surface area contributed by atoms with Gasteiger partial charge in [0.05, 0.1) is 18.8 Å². The molecule has 0 bridgehead atoms. The minimum atomic E-state index is -0.609. The summed E-state index contributed by atoms with van der Waals surface area (Å²) in [6, 6.07) is 5.03. The first-order chi connectivity index (χ1) is 9.16. The van der Waals surface area contributed by atoms with Crippen LogP contribution in [0.4, 0.5) is 0 Å². The first kappa shape index (κ1) is 12.8. The van der Waals surface area contributed by atoms with E-state index >= 15 is 0 Å². The second kappa shape index (κ2) is 5.02. The van der Waals surface area contributed by atoms with Gasteiger partial charge in [0.25, 0.3) is 0 Å². The predicted molar refractivity (Wildman–Crippen MR) is 71.3 cm³/mol. The molecular formula is C14H16ClNO3. The molecule has 1 aromatic carbocycles. The molecule has 0 spiro atoms. The van der Waals surface area contributed by atoms with E-state index in [1.54, 1.807) is 17.0 Å². The van der Waals surface area contributed by atoms with E-state index in [-0.39, 0.29) is 11.9 Å². The van der Waals surface area contributed by atoms with Gasteiger partial charge in [-0.3, -0.25) is 4.79 Å². The molecule has 0 unspecified atom stereocenters. The van der Waals surface area contributed by atoms with Crippen molar-refractivity contribution in [3.05, 3.63) is 28.8 Å². The van der Waals surface area contributed by atoms with Gasteiger partial charge in [-0.2, -0.15) is 0 Å². The van der Waals surface area contributed by atoms with Crippen molar-refractivity contribution < 1.29 is 14.6 Å². The monoisotopic (exact) mass is 281 g/mol. The van der Waals surface area contributed by atoms with Crippen molar-refractivity contribution in [2.75, 3.05) is 13.2 Å². The van der Waals surface area contributed by atoms with Gasteiger partial charge >= 0.3 is 0 Å². The molecule has 2 aliphatic rings. The number of carbonyl (C=O) groups is 1. The molecule has 1 saturated heterocycles. The van der Waals surface area contributed by atoms with Crippen LogP contribution in [0.5, 0.6) is 5.75 Å². The summed E-state index contributed by atoms with van der Waals surface area (Å²) in [6.45, 7) is 1.14. The molecular weight excluding hydrogens is 266 g/mol. The molecule has 0 aliphatic carbocycles. The van der Waals surface area contributed by atoms with Crippen LogP contribution >= 0.6 is 11.6 Å². The summed E-state index contributed by atoms with van der Waals surface area (Å²) in [5.74, 6) is 0.808. The summed E-state index contributed by atoms with van der Waals surface area (Å²) >= 11 is 6.05. The number of nitrogens with zero attached hydrogens (tertiary/aromatic N) is 1. The fraction of sp³-hybridized carbons (Fsp3) is 0.500. The van der Waals surface area contributed by atoms with E-state index in [9.17, 15) is 9.90 Å². The van der Waals surface area contributed by atoms with Crippen molar-refractivity contribution in [3.63, 3.8) is 0 Å². The van der Waals surface area contributed by atoms with Gasteiger partial charge in [-0.05, 0) is 24.6 Å². The molecule has 0 aromatic heterocycles. The molecule has 5 heteroatoms. The van der Waals surface area contributed by atoms with E-state index in [0.29, 0.717) is 36.8 Å². The molecule has 1 fully saturated rings. The molecule has 3 rings (SSSR count). The van der Waals surface area contributed by atoms with Gasteiger partial charge in [0.1, 0.15) is 5.75 Å². The predicted octanol–water partition coefficient (Wildman–Crippen LogP) is 2.15. The number of ether oxygens (including phenoxy) is 1.